The Balaban J connectivity index is 1.88. The minimum atomic E-state index is -0.0704. The van der Waals surface area contributed by atoms with E-state index in [1.807, 2.05) is 18.2 Å². The second-order valence-corrected chi connectivity index (χ2v) is 6.86. The first kappa shape index (κ1) is 18.3. The van der Waals surface area contributed by atoms with Crippen LogP contribution in [0.15, 0.2) is 97.1 Å². The molecule has 3 aromatic rings. The summed E-state index contributed by atoms with van der Waals surface area (Å²) in [6.45, 7) is 0. The van der Waals surface area contributed by atoms with Crippen LogP contribution in [0.4, 0.5) is 0 Å². The second kappa shape index (κ2) is 8.28. The molecule has 4 rings (SSSR count). The molecule has 0 aliphatic heterocycles. The number of hydrogen-bond donors (Lipinski definition) is 0. The van der Waals surface area contributed by atoms with Crippen LogP contribution >= 0.6 is 0 Å². The van der Waals surface area contributed by atoms with Crippen LogP contribution in [-0.2, 0) is 4.74 Å². The van der Waals surface area contributed by atoms with E-state index in [2.05, 4.69) is 78.9 Å². The summed E-state index contributed by atoms with van der Waals surface area (Å²) in [4.78, 5) is 0. The third-order valence-corrected chi connectivity index (χ3v) is 5.26. The van der Waals surface area contributed by atoms with Crippen LogP contribution in [0.25, 0.3) is 11.1 Å². The summed E-state index contributed by atoms with van der Waals surface area (Å²) < 4.78 is 11.6. The molecule has 0 fully saturated rings. The van der Waals surface area contributed by atoms with Gasteiger partial charge >= 0.3 is 0 Å². The molecule has 2 nitrogen and oxygen atoms in total. The van der Waals surface area contributed by atoms with Gasteiger partial charge in [0.2, 0.25) is 0 Å². The van der Waals surface area contributed by atoms with Gasteiger partial charge in [-0.15, -0.1) is 0 Å². The third kappa shape index (κ3) is 3.51. The van der Waals surface area contributed by atoms with E-state index in [0.29, 0.717) is 0 Å². The highest BCUT2D eigenvalue weighted by Gasteiger charge is 2.29. The third-order valence-electron chi connectivity index (χ3n) is 5.26. The van der Waals surface area contributed by atoms with Gasteiger partial charge in [0.15, 0.2) is 0 Å². The fraction of sp³-hybridized carbons (Fsp3) is 0.154. The number of hydrogen-bond acceptors (Lipinski definition) is 2. The van der Waals surface area contributed by atoms with Gasteiger partial charge in [-0.25, -0.2) is 0 Å². The minimum absolute atomic E-state index is 0.0704. The van der Waals surface area contributed by atoms with Crippen LogP contribution < -0.4 is 4.74 Å². The standard InChI is InChI=1S/C26H24O2/c1-27-25-16-10-9-15-21(25)24-17-22(19-11-5-3-6-12-19)23(18-26(24)28-2)20-13-7-4-8-14-20/h3-18,24,26H,1-2H3. The fourth-order valence-electron chi connectivity index (χ4n) is 3.88. The Hall–Kier alpha value is -3.10. The van der Waals surface area contributed by atoms with Crippen molar-refractivity contribution in [1.29, 1.82) is 0 Å². The van der Waals surface area contributed by atoms with Gasteiger partial charge in [0.1, 0.15) is 5.75 Å². The van der Waals surface area contributed by atoms with Crippen molar-refractivity contribution >= 4 is 11.1 Å². The number of allylic oxidation sites excluding steroid dienone is 2. The summed E-state index contributed by atoms with van der Waals surface area (Å²) in [5.74, 6) is 0.957. The highest BCUT2D eigenvalue weighted by molar-refractivity contribution is 6.06. The number of benzene rings is 3. The zero-order valence-corrected chi connectivity index (χ0v) is 16.2. The molecule has 0 saturated carbocycles. The van der Waals surface area contributed by atoms with Gasteiger partial charge in [0, 0.05) is 18.6 Å². The van der Waals surface area contributed by atoms with Crippen LogP contribution in [0.1, 0.15) is 22.6 Å². The maximum absolute atomic E-state index is 5.92. The Morgan fingerprint density at radius 1 is 0.607 bits per heavy atom. The molecule has 0 spiro atoms. The number of rotatable bonds is 5. The minimum Gasteiger partial charge on any atom is -0.496 e. The highest BCUT2D eigenvalue weighted by atomic mass is 16.5. The van der Waals surface area contributed by atoms with Crippen LogP contribution in [0.3, 0.4) is 0 Å². The van der Waals surface area contributed by atoms with Crippen molar-refractivity contribution in [2.75, 3.05) is 14.2 Å². The lowest BCUT2D eigenvalue weighted by molar-refractivity contribution is 0.128. The Labute approximate surface area is 166 Å². The summed E-state index contributed by atoms with van der Waals surface area (Å²) in [5.41, 5.74) is 5.94. The van der Waals surface area contributed by atoms with Crippen molar-refractivity contribution < 1.29 is 9.47 Å². The molecule has 28 heavy (non-hydrogen) atoms. The van der Waals surface area contributed by atoms with Crippen LogP contribution in [-0.4, -0.2) is 20.3 Å². The van der Waals surface area contributed by atoms with E-state index in [0.717, 1.165) is 11.3 Å². The first-order valence-corrected chi connectivity index (χ1v) is 9.52. The highest BCUT2D eigenvalue weighted by Crippen LogP contribution is 2.43. The van der Waals surface area contributed by atoms with Crippen molar-refractivity contribution in [2.45, 2.75) is 12.0 Å². The van der Waals surface area contributed by atoms with Crippen LogP contribution in [0, 0.1) is 0 Å². The zero-order chi connectivity index (χ0) is 19.3. The topological polar surface area (TPSA) is 18.5 Å². The molecule has 2 heteroatoms. The van der Waals surface area contributed by atoms with E-state index in [1.165, 1.54) is 22.3 Å². The van der Waals surface area contributed by atoms with Crippen molar-refractivity contribution in [1.82, 2.24) is 0 Å². The maximum atomic E-state index is 5.92. The molecule has 3 aromatic carbocycles. The molecule has 1 aliphatic rings. The van der Waals surface area contributed by atoms with E-state index in [4.69, 9.17) is 9.47 Å². The normalized spacial score (nSPS) is 18.9. The quantitative estimate of drug-likeness (QED) is 0.552. The lowest BCUT2D eigenvalue weighted by atomic mass is 9.79. The first-order chi connectivity index (χ1) is 13.8. The molecule has 0 N–H and O–H groups in total. The molecule has 2 atom stereocenters. The van der Waals surface area contributed by atoms with Crippen molar-refractivity contribution in [2.24, 2.45) is 0 Å². The predicted molar refractivity (Wildman–Crippen MR) is 115 cm³/mol. The maximum Gasteiger partial charge on any atom is 0.122 e. The number of methoxy groups -OCH3 is 2. The number of ether oxygens (including phenoxy) is 2. The first-order valence-electron chi connectivity index (χ1n) is 9.52. The largest absolute Gasteiger partial charge is 0.496 e. The molecule has 0 amide bonds. The monoisotopic (exact) mass is 368 g/mol. The molecule has 0 heterocycles. The Bertz CT molecular complexity index is 987. The molecule has 0 saturated heterocycles. The lowest BCUT2D eigenvalue weighted by Crippen LogP contribution is -2.22. The summed E-state index contributed by atoms with van der Waals surface area (Å²) in [6.07, 6.45) is 4.50. The molecule has 0 bridgehead atoms. The molecule has 0 aromatic heterocycles. The second-order valence-electron chi connectivity index (χ2n) is 6.86. The van der Waals surface area contributed by atoms with E-state index in [-0.39, 0.29) is 12.0 Å². The van der Waals surface area contributed by atoms with Gasteiger partial charge in [-0.05, 0) is 34.4 Å². The van der Waals surface area contributed by atoms with Crippen molar-refractivity contribution in [3.63, 3.8) is 0 Å². The van der Waals surface area contributed by atoms with Crippen molar-refractivity contribution in [3.05, 3.63) is 114 Å². The average Bonchev–Trinajstić information content (AvgIpc) is 2.79. The summed E-state index contributed by atoms with van der Waals surface area (Å²) in [6, 6.07) is 29.2. The van der Waals surface area contributed by atoms with E-state index >= 15 is 0 Å². The zero-order valence-electron chi connectivity index (χ0n) is 16.2. The van der Waals surface area contributed by atoms with Gasteiger partial charge in [0.05, 0.1) is 13.2 Å². The smallest absolute Gasteiger partial charge is 0.122 e. The molecule has 2 unspecified atom stereocenters. The predicted octanol–water partition coefficient (Wildman–Crippen LogP) is 5.97. The summed E-state index contributed by atoms with van der Waals surface area (Å²) >= 11 is 0. The fourth-order valence-corrected chi connectivity index (χ4v) is 3.88. The molecular formula is C26H24O2. The van der Waals surface area contributed by atoms with Gasteiger partial charge in [-0.2, -0.15) is 0 Å². The van der Waals surface area contributed by atoms with Crippen LogP contribution in [0.2, 0.25) is 0 Å². The number of para-hydroxylation sites is 1. The van der Waals surface area contributed by atoms with Crippen molar-refractivity contribution in [3.8, 4) is 5.75 Å². The molecule has 1 aliphatic carbocycles. The molecule has 0 radical (unpaired) electrons. The molecule has 140 valence electrons. The van der Waals surface area contributed by atoms with E-state index < -0.39 is 0 Å². The molecular weight excluding hydrogens is 344 g/mol. The van der Waals surface area contributed by atoms with Gasteiger partial charge in [0.25, 0.3) is 0 Å². The van der Waals surface area contributed by atoms with E-state index in [9.17, 15) is 0 Å². The summed E-state index contributed by atoms with van der Waals surface area (Å²) in [5, 5.41) is 0. The average molecular weight is 368 g/mol. The Morgan fingerprint density at radius 3 is 1.71 bits per heavy atom. The Morgan fingerprint density at radius 2 is 1.14 bits per heavy atom. The SMILES string of the molecule is COc1ccccc1C1C=C(c2ccccc2)C(c2ccccc2)=CC1OC. The van der Waals surface area contributed by atoms with Gasteiger partial charge < -0.3 is 9.47 Å². The van der Waals surface area contributed by atoms with Crippen LogP contribution in [0.5, 0.6) is 5.75 Å². The Kier molecular flexibility index (Phi) is 5.41. The van der Waals surface area contributed by atoms with E-state index in [1.54, 1.807) is 14.2 Å². The lowest BCUT2D eigenvalue weighted by Gasteiger charge is -2.30. The van der Waals surface area contributed by atoms with Gasteiger partial charge in [-0.3, -0.25) is 0 Å². The summed E-state index contributed by atoms with van der Waals surface area (Å²) in [7, 11) is 3.49. The van der Waals surface area contributed by atoms with Gasteiger partial charge in [-0.1, -0.05) is 84.9 Å².